The van der Waals surface area contributed by atoms with Gasteiger partial charge in [-0.2, -0.15) is 0 Å². The van der Waals surface area contributed by atoms with E-state index in [1.165, 1.54) is 0 Å². The van der Waals surface area contributed by atoms with E-state index in [9.17, 15) is 9.59 Å². The maximum Gasteiger partial charge on any atom is 0.408 e. The molecule has 0 aromatic heterocycles. The summed E-state index contributed by atoms with van der Waals surface area (Å²) in [6.07, 6.45) is 1.20. The lowest BCUT2D eigenvalue weighted by atomic mass is 9.98. The maximum atomic E-state index is 12.4. The number of fused-ring (bicyclic) bond motifs is 1. The number of carbonyl (C=O) groups is 2. The van der Waals surface area contributed by atoms with Crippen molar-refractivity contribution >= 4 is 12.1 Å². The summed E-state index contributed by atoms with van der Waals surface area (Å²) in [5.41, 5.74) is 2.64. The van der Waals surface area contributed by atoms with Crippen molar-refractivity contribution < 1.29 is 19.1 Å². The molecule has 25 heavy (non-hydrogen) atoms. The molecule has 0 saturated carbocycles. The number of benzene rings is 1. The average Bonchev–Trinajstić information content (AvgIpc) is 2.78. The number of nitrogens with one attached hydrogen (secondary N) is 1. The van der Waals surface area contributed by atoms with Gasteiger partial charge in [0.05, 0.1) is 11.6 Å². The predicted molar refractivity (Wildman–Crippen MR) is 96.8 cm³/mol. The zero-order chi connectivity index (χ0) is 19.0. The van der Waals surface area contributed by atoms with Gasteiger partial charge in [0.25, 0.3) is 0 Å². The molecule has 138 valence electrons. The van der Waals surface area contributed by atoms with Crippen LogP contribution >= 0.6 is 0 Å². The smallest absolute Gasteiger partial charge is 0.408 e. The highest BCUT2D eigenvalue weighted by Crippen LogP contribution is 2.35. The lowest BCUT2D eigenvalue weighted by Gasteiger charge is -2.23. The van der Waals surface area contributed by atoms with Gasteiger partial charge in [0.1, 0.15) is 11.2 Å². The number of alkyl carbamates (subject to hydrolysis) is 1. The Bertz CT molecular complexity index is 680. The van der Waals surface area contributed by atoms with Crippen molar-refractivity contribution in [3.05, 3.63) is 34.4 Å². The molecule has 0 fully saturated rings. The van der Waals surface area contributed by atoms with Crippen LogP contribution in [0.15, 0.2) is 12.1 Å². The normalized spacial score (nSPS) is 17.0. The molecule has 1 aliphatic carbocycles. The van der Waals surface area contributed by atoms with Crippen LogP contribution in [0.2, 0.25) is 0 Å². The number of rotatable bonds is 2. The molecule has 0 heterocycles. The fraction of sp³-hybridized carbons (Fsp3) is 0.600. The summed E-state index contributed by atoms with van der Waals surface area (Å²) in [6, 6.07) is 3.62. The van der Waals surface area contributed by atoms with Crippen LogP contribution in [-0.4, -0.2) is 23.3 Å². The van der Waals surface area contributed by atoms with Gasteiger partial charge in [-0.1, -0.05) is 6.07 Å². The molecule has 1 N–H and O–H groups in total. The van der Waals surface area contributed by atoms with Crippen LogP contribution in [-0.2, 0) is 15.9 Å². The van der Waals surface area contributed by atoms with Crippen LogP contribution in [0.5, 0.6) is 0 Å². The van der Waals surface area contributed by atoms with Crippen LogP contribution in [0.1, 0.15) is 81.1 Å². The Balaban J connectivity index is 2.18. The zero-order valence-electron chi connectivity index (χ0n) is 16.3. The molecule has 1 aromatic rings. The van der Waals surface area contributed by atoms with E-state index >= 15 is 0 Å². The molecule has 5 nitrogen and oxygen atoms in total. The van der Waals surface area contributed by atoms with Crippen molar-refractivity contribution in [3.8, 4) is 0 Å². The van der Waals surface area contributed by atoms with E-state index in [0.717, 1.165) is 29.5 Å². The largest absolute Gasteiger partial charge is 0.456 e. The van der Waals surface area contributed by atoms with Crippen LogP contribution in [0.25, 0.3) is 0 Å². The van der Waals surface area contributed by atoms with Gasteiger partial charge in [-0.05, 0) is 84.1 Å². The number of hydrogen-bond donors (Lipinski definition) is 1. The Kier molecular flexibility index (Phi) is 5.17. The molecule has 5 heteroatoms. The number of esters is 1. The number of hydrogen-bond acceptors (Lipinski definition) is 4. The minimum atomic E-state index is -0.526. The molecule has 1 atom stereocenters. The molecule has 0 saturated heterocycles. The molecule has 1 amide bonds. The first-order chi connectivity index (χ1) is 11.4. The molecule has 0 unspecified atom stereocenters. The fourth-order valence-corrected chi connectivity index (χ4v) is 3.03. The molecule has 2 rings (SSSR count). The van der Waals surface area contributed by atoms with Crippen molar-refractivity contribution in [3.63, 3.8) is 0 Å². The lowest BCUT2D eigenvalue weighted by molar-refractivity contribution is 0.00682. The third-order valence-corrected chi connectivity index (χ3v) is 4.00. The van der Waals surface area contributed by atoms with E-state index in [-0.39, 0.29) is 12.0 Å². The second-order valence-corrected chi connectivity index (χ2v) is 8.55. The molecule has 0 aliphatic heterocycles. The fourth-order valence-electron chi connectivity index (χ4n) is 3.03. The molecule has 0 bridgehead atoms. The van der Waals surface area contributed by atoms with E-state index in [1.807, 2.05) is 54.5 Å². The Morgan fingerprint density at radius 1 is 1.04 bits per heavy atom. The average molecular weight is 347 g/mol. The quantitative estimate of drug-likeness (QED) is 0.802. The monoisotopic (exact) mass is 347 g/mol. The Hall–Kier alpha value is -2.04. The van der Waals surface area contributed by atoms with Gasteiger partial charge in [-0.25, -0.2) is 9.59 Å². The summed E-state index contributed by atoms with van der Waals surface area (Å²) in [5.74, 6) is -0.309. The van der Waals surface area contributed by atoms with Crippen LogP contribution in [0.3, 0.4) is 0 Å². The van der Waals surface area contributed by atoms with Gasteiger partial charge in [0, 0.05) is 0 Å². The van der Waals surface area contributed by atoms with Gasteiger partial charge in [0.15, 0.2) is 0 Å². The van der Waals surface area contributed by atoms with Crippen LogP contribution in [0.4, 0.5) is 4.79 Å². The second kappa shape index (κ2) is 6.70. The van der Waals surface area contributed by atoms with E-state index < -0.39 is 17.3 Å². The van der Waals surface area contributed by atoms with Crippen LogP contribution < -0.4 is 5.32 Å². The standard InChI is InChI=1S/C20H29NO4/c1-12-13-10-11-16(21-18(23)25-20(5,6)7)15(13)9-8-14(12)17(22)24-19(2,3)4/h8-9,16H,10-11H2,1-7H3,(H,21,23)/t16-/m0/s1. The van der Waals surface area contributed by atoms with Gasteiger partial charge in [-0.15, -0.1) is 0 Å². The van der Waals surface area contributed by atoms with E-state index in [0.29, 0.717) is 5.56 Å². The topological polar surface area (TPSA) is 64.6 Å². The third-order valence-electron chi connectivity index (χ3n) is 4.00. The second-order valence-electron chi connectivity index (χ2n) is 8.55. The number of carbonyl (C=O) groups excluding carboxylic acids is 2. The highest BCUT2D eigenvalue weighted by Gasteiger charge is 2.29. The molecule has 0 radical (unpaired) electrons. The summed E-state index contributed by atoms with van der Waals surface area (Å²) in [6.45, 7) is 13.0. The first kappa shape index (κ1) is 19.3. The van der Waals surface area contributed by atoms with Gasteiger partial charge < -0.3 is 14.8 Å². The van der Waals surface area contributed by atoms with Crippen molar-refractivity contribution in [2.75, 3.05) is 0 Å². The molecule has 1 aromatic carbocycles. The first-order valence-corrected chi connectivity index (χ1v) is 8.72. The third kappa shape index (κ3) is 4.97. The van der Waals surface area contributed by atoms with Crippen LogP contribution in [0, 0.1) is 6.92 Å². The van der Waals surface area contributed by atoms with Crippen molar-refractivity contribution in [2.45, 2.75) is 78.6 Å². The first-order valence-electron chi connectivity index (χ1n) is 8.72. The number of ether oxygens (including phenoxy) is 2. The maximum absolute atomic E-state index is 12.4. The van der Waals surface area contributed by atoms with Crippen molar-refractivity contribution in [2.24, 2.45) is 0 Å². The Labute approximate surface area is 150 Å². The minimum Gasteiger partial charge on any atom is -0.456 e. The van der Waals surface area contributed by atoms with Crippen molar-refractivity contribution in [1.82, 2.24) is 5.32 Å². The van der Waals surface area contributed by atoms with E-state index in [2.05, 4.69) is 5.32 Å². The molecular weight excluding hydrogens is 318 g/mol. The Morgan fingerprint density at radius 3 is 2.20 bits per heavy atom. The highest BCUT2D eigenvalue weighted by molar-refractivity contribution is 5.92. The van der Waals surface area contributed by atoms with E-state index in [1.54, 1.807) is 6.07 Å². The van der Waals surface area contributed by atoms with Gasteiger partial charge in [0.2, 0.25) is 0 Å². The lowest BCUT2D eigenvalue weighted by Crippen LogP contribution is -2.34. The summed E-state index contributed by atoms with van der Waals surface area (Å²) in [4.78, 5) is 24.4. The van der Waals surface area contributed by atoms with E-state index in [4.69, 9.17) is 9.47 Å². The SMILES string of the molecule is Cc1c(C(=O)OC(C)(C)C)ccc2c1CC[C@@H]2NC(=O)OC(C)(C)C. The highest BCUT2D eigenvalue weighted by atomic mass is 16.6. The van der Waals surface area contributed by atoms with Gasteiger partial charge in [-0.3, -0.25) is 0 Å². The summed E-state index contributed by atoms with van der Waals surface area (Å²) >= 11 is 0. The Morgan fingerprint density at radius 2 is 1.64 bits per heavy atom. The summed E-state index contributed by atoms with van der Waals surface area (Å²) in [5, 5.41) is 2.93. The summed E-state index contributed by atoms with van der Waals surface area (Å²) < 4.78 is 10.8. The molecule has 0 spiro atoms. The minimum absolute atomic E-state index is 0.0868. The molecule has 1 aliphatic rings. The summed E-state index contributed by atoms with van der Waals surface area (Å²) in [7, 11) is 0. The molecular formula is C20H29NO4. The zero-order valence-corrected chi connectivity index (χ0v) is 16.3. The predicted octanol–water partition coefficient (Wildman–Crippen LogP) is 4.46. The van der Waals surface area contributed by atoms with Gasteiger partial charge >= 0.3 is 12.1 Å². The van der Waals surface area contributed by atoms with Crippen molar-refractivity contribution in [1.29, 1.82) is 0 Å². The number of amides is 1.